The number of benzene rings is 1. The van der Waals surface area contributed by atoms with Crippen LogP contribution in [0.5, 0.6) is 0 Å². The van der Waals surface area contributed by atoms with Gasteiger partial charge in [0.05, 0.1) is 0 Å². The number of carbonyl (C=O) groups is 2. The van der Waals surface area contributed by atoms with Crippen LogP contribution in [0.1, 0.15) is 36.5 Å². The molecule has 0 bridgehead atoms. The first-order valence-corrected chi connectivity index (χ1v) is 6.82. The summed E-state index contributed by atoms with van der Waals surface area (Å²) in [5.41, 5.74) is 0.326. The summed E-state index contributed by atoms with van der Waals surface area (Å²) in [7, 11) is 0. The average molecular weight is 279 g/mol. The summed E-state index contributed by atoms with van der Waals surface area (Å²) in [4.78, 5) is 25.1. The van der Waals surface area contributed by atoms with Crippen LogP contribution in [-0.2, 0) is 4.79 Å². The topological polar surface area (TPSA) is 57.6 Å². The molecule has 1 amide bonds. The first kappa shape index (κ1) is 14.5. The van der Waals surface area contributed by atoms with Crippen LogP contribution >= 0.6 is 0 Å². The van der Waals surface area contributed by atoms with Gasteiger partial charge in [0.2, 0.25) is 0 Å². The lowest BCUT2D eigenvalue weighted by molar-refractivity contribution is -0.144. The van der Waals surface area contributed by atoms with Crippen LogP contribution in [-0.4, -0.2) is 34.5 Å². The highest BCUT2D eigenvalue weighted by molar-refractivity contribution is 5.96. The smallest absolute Gasteiger partial charge is 0.326 e. The van der Waals surface area contributed by atoms with Gasteiger partial charge in [-0.3, -0.25) is 4.79 Å². The van der Waals surface area contributed by atoms with Gasteiger partial charge in [0.15, 0.2) is 0 Å². The first-order chi connectivity index (χ1) is 9.52. The molecule has 1 N–H and O–H groups in total. The largest absolute Gasteiger partial charge is 0.480 e. The third-order valence-electron chi connectivity index (χ3n) is 3.93. The zero-order valence-corrected chi connectivity index (χ0v) is 11.4. The standard InChI is InChI=1S/C15H18FNO3/c1-2-10-7-8-17(13(9-10)15(19)20)14(18)11-3-5-12(16)6-4-11/h3-6,10,13H,2,7-9H2,1H3,(H,19,20). The number of rotatable bonds is 3. The van der Waals surface area contributed by atoms with Crippen molar-refractivity contribution in [2.75, 3.05) is 6.54 Å². The Morgan fingerprint density at radius 1 is 1.35 bits per heavy atom. The third kappa shape index (κ3) is 2.98. The normalized spacial score (nSPS) is 22.6. The van der Waals surface area contributed by atoms with Crippen molar-refractivity contribution in [1.29, 1.82) is 0 Å². The van der Waals surface area contributed by atoms with E-state index in [4.69, 9.17) is 0 Å². The minimum Gasteiger partial charge on any atom is -0.480 e. The third-order valence-corrected chi connectivity index (χ3v) is 3.93. The second kappa shape index (κ2) is 6.03. The van der Waals surface area contributed by atoms with Gasteiger partial charge < -0.3 is 10.0 Å². The monoisotopic (exact) mass is 279 g/mol. The zero-order valence-electron chi connectivity index (χ0n) is 11.4. The van der Waals surface area contributed by atoms with Gasteiger partial charge in [0.1, 0.15) is 11.9 Å². The van der Waals surface area contributed by atoms with Gasteiger partial charge in [-0.25, -0.2) is 9.18 Å². The number of hydrogen-bond donors (Lipinski definition) is 1. The maximum Gasteiger partial charge on any atom is 0.326 e. The fraction of sp³-hybridized carbons (Fsp3) is 0.467. The molecule has 1 aliphatic heterocycles. The molecule has 0 aliphatic carbocycles. The number of aliphatic carboxylic acids is 1. The van der Waals surface area contributed by atoms with E-state index in [-0.39, 0.29) is 5.91 Å². The fourth-order valence-electron chi connectivity index (χ4n) is 2.64. The summed E-state index contributed by atoms with van der Waals surface area (Å²) in [6.45, 7) is 2.46. The summed E-state index contributed by atoms with van der Waals surface area (Å²) in [6, 6.07) is 4.42. The molecule has 1 aromatic rings. The van der Waals surface area contributed by atoms with E-state index in [0.29, 0.717) is 24.4 Å². The number of carboxylic acids is 1. The van der Waals surface area contributed by atoms with Crippen molar-refractivity contribution >= 4 is 11.9 Å². The van der Waals surface area contributed by atoms with E-state index in [1.165, 1.54) is 29.2 Å². The zero-order chi connectivity index (χ0) is 14.7. The maximum absolute atomic E-state index is 12.9. The second-order valence-electron chi connectivity index (χ2n) is 5.16. The molecule has 2 unspecified atom stereocenters. The Kier molecular flexibility index (Phi) is 4.37. The predicted molar refractivity (Wildman–Crippen MR) is 71.9 cm³/mol. The SMILES string of the molecule is CCC1CCN(C(=O)c2ccc(F)cc2)C(C(=O)O)C1. The Labute approximate surface area is 117 Å². The van der Waals surface area contributed by atoms with Crippen LogP contribution in [0.25, 0.3) is 0 Å². The Morgan fingerprint density at radius 3 is 2.55 bits per heavy atom. The van der Waals surface area contributed by atoms with Gasteiger partial charge in [-0.2, -0.15) is 0 Å². The highest BCUT2D eigenvalue weighted by Gasteiger charge is 2.35. The number of amides is 1. The molecule has 5 heteroatoms. The predicted octanol–water partition coefficient (Wildman–Crippen LogP) is 2.54. The summed E-state index contributed by atoms with van der Waals surface area (Å²) < 4.78 is 12.9. The molecule has 20 heavy (non-hydrogen) atoms. The molecule has 108 valence electrons. The van der Waals surface area contributed by atoms with E-state index >= 15 is 0 Å². The molecule has 2 rings (SSSR count). The minimum atomic E-state index is -0.974. The van der Waals surface area contributed by atoms with Crippen LogP contribution in [0.3, 0.4) is 0 Å². The molecule has 0 radical (unpaired) electrons. The fourth-order valence-corrected chi connectivity index (χ4v) is 2.64. The summed E-state index contributed by atoms with van der Waals surface area (Å²) >= 11 is 0. The lowest BCUT2D eigenvalue weighted by atomic mass is 9.88. The van der Waals surface area contributed by atoms with E-state index in [1.54, 1.807) is 0 Å². The number of hydrogen-bond acceptors (Lipinski definition) is 2. The summed E-state index contributed by atoms with van der Waals surface area (Å²) in [5.74, 6) is -1.39. The molecule has 0 saturated carbocycles. The van der Waals surface area contributed by atoms with Gasteiger partial charge in [-0.1, -0.05) is 13.3 Å². The Morgan fingerprint density at radius 2 is 2.00 bits per heavy atom. The number of carbonyl (C=O) groups excluding carboxylic acids is 1. The summed E-state index contributed by atoms with van der Waals surface area (Å²) in [5, 5.41) is 9.31. The molecule has 1 aromatic carbocycles. The Bertz CT molecular complexity index is 500. The maximum atomic E-state index is 12.9. The number of halogens is 1. The van der Waals surface area contributed by atoms with E-state index in [9.17, 15) is 19.1 Å². The molecule has 1 heterocycles. The number of carboxylic acid groups (broad SMARTS) is 1. The van der Waals surface area contributed by atoms with E-state index < -0.39 is 17.8 Å². The van der Waals surface area contributed by atoms with Gasteiger partial charge in [0.25, 0.3) is 5.91 Å². The van der Waals surface area contributed by atoms with Crippen molar-refractivity contribution < 1.29 is 19.1 Å². The van der Waals surface area contributed by atoms with Gasteiger partial charge in [-0.15, -0.1) is 0 Å². The second-order valence-corrected chi connectivity index (χ2v) is 5.16. The molecule has 0 aromatic heterocycles. The van der Waals surface area contributed by atoms with Crippen molar-refractivity contribution in [1.82, 2.24) is 4.90 Å². The molecular weight excluding hydrogens is 261 g/mol. The van der Waals surface area contributed by atoms with Crippen molar-refractivity contribution in [3.63, 3.8) is 0 Å². The van der Waals surface area contributed by atoms with Crippen molar-refractivity contribution in [2.24, 2.45) is 5.92 Å². The number of likely N-dealkylation sites (tertiary alicyclic amines) is 1. The molecule has 1 saturated heterocycles. The molecular formula is C15H18FNO3. The number of piperidine rings is 1. The first-order valence-electron chi connectivity index (χ1n) is 6.82. The van der Waals surface area contributed by atoms with E-state index in [2.05, 4.69) is 0 Å². The van der Waals surface area contributed by atoms with Crippen LogP contribution < -0.4 is 0 Å². The Hall–Kier alpha value is -1.91. The van der Waals surface area contributed by atoms with Crippen LogP contribution in [0, 0.1) is 11.7 Å². The quantitative estimate of drug-likeness (QED) is 0.925. The Balaban J connectivity index is 2.19. The highest BCUT2D eigenvalue weighted by Crippen LogP contribution is 2.27. The van der Waals surface area contributed by atoms with E-state index in [1.807, 2.05) is 6.92 Å². The van der Waals surface area contributed by atoms with Gasteiger partial charge >= 0.3 is 5.97 Å². The van der Waals surface area contributed by atoms with Crippen LogP contribution in [0.2, 0.25) is 0 Å². The average Bonchev–Trinajstić information content (AvgIpc) is 2.46. The van der Waals surface area contributed by atoms with E-state index in [0.717, 1.165) is 12.8 Å². The lowest BCUT2D eigenvalue weighted by Crippen LogP contribution is -2.50. The van der Waals surface area contributed by atoms with Crippen LogP contribution in [0.4, 0.5) is 4.39 Å². The molecule has 2 atom stereocenters. The van der Waals surface area contributed by atoms with Gasteiger partial charge in [0, 0.05) is 12.1 Å². The molecule has 4 nitrogen and oxygen atoms in total. The van der Waals surface area contributed by atoms with Crippen molar-refractivity contribution in [2.45, 2.75) is 32.2 Å². The lowest BCUT2D eigenvalue weighted by Gasteiger charge is -2.37. The van der Waals surface area contributed by atoms with Crippen LogP contribution in [0.15, 0.2) is 24.3 Å². The highest BCUT2D eigenvalue weighted by atomic mass is 19.1. The van der Waals surface area contributed by atoms with Crippen molar-refractivity contribution in [3.8, 4) is 0 Å². The summed E-state index contributed by atoms with van der Waals surface area (Å²) in [6.07, 6.45) is 2.22. The molecule has 1 aliphatic rings. The molecule has 1 fully saturated rings. The number of nitrogens with zero attached hydrogens (tertiary/aromatic N) is 1. The van der Waals surface area contributed by atoms with Crippen molar-refractivity contribution in [3.05, 3.63) is 35.6 Å². The van der Waals surface area contributed by atoms with Gasteiger partial charge in [-0.05, 0) is 43.0 Å². The molecule has 0 spiro atoms. The minimum absolute atomic E-state index is 0.326.